The Hall–Kier alpha value is -2.56. The molecule has 0 atom stereocenters. The average Bonchev–Trinajstić information content (AvgIpc) is 2.85. The molecule has 0 spiro atoms. The molecule has 2 heterocycles. The SMILES string of the molecule is CCOC(=O)c1c2[nH]c3ccccc3c2c(OC)c[n+]1C. The molecule has 0 aliphatic rings. The van der Waals surface area contributed by atoms with E-state index in [9.17, 15) is 4.79 Å². The molecule has 0 saturated carbocycles. The second kappa shape index (κ2) is 5.09. The number of methoxy groups -OCH3 is 1. The number of nitrogens with one attached hydrogen (secondary N) is 1. The fourth-order valence-corrected chi connectivity index (χ4v) is 2.66. The highest BCUT2D eigenvalue weighted by atomic mass is 16.5. The maximum atomic E-state index is 12.3. The minimum atomic E-state index is -0.348. The Bertz CT molecular complexity index is 836. The molecule has 1 aromatic carbocycles. The van der Waals surface area contributed by atoms with Crippen LogP contribution < -0.4 is 9.30 Å². The zero-order valence-corrected chi connectivity index (χ0v) is 12.3. The lowest BCUT2D eigenvalue weighted by molar-refractivity contribution is -0.673. The van der Waals surface area contributed by atoms with Crippen molar-refractivity contribution in [1.82, 2.24) is 4.98 Å². The van der Waals surface area contributed by atoms with E-state index in [-0.39, 0.29) is 5.97 Å². The van der Waals surface area contributed by atoms with Crippen LogP contribution in [0.5, 0.6) is 5.75 Å². The molecule has 21 heavy (non-hydrogen) atoms. The minimum absolute atomic E-state index is 0.340. The standard InChI is InChI=1S/C16H16N2O3/c1-4-21-16(19)15-14-13(12(20-3)9-18(15)2)10-7-5-6-8-11(10)17-14/h5-9H,4H2,1-3H3/p+1. The number of ether oxygens (including phenoxy) is 2. The van der Waals surface area contributed by atoms with Gasteiger partial charge in [0.15, 0.2) is 5.75 Å². The van der Waals surface area contributed by atoms with E-state index in [0.29, 0.717) is 12.3 Å². The van der Waals surface area contributed by atoms with Crippen molar-refractivity contribution < 1.29 is 18.8 Å². The van der Waals surface area contributed by atoms with Crippen molar-refractivity contribution in [3.63, 3.8) is 0 Å². The van der Waals surface area contributed by atoms with Crippen molar-refractivity contribution in [1.29, 1.82) is 0 Å². The molecule has 1 N–H and O–H groups in total. The smallest absolute Gasteiger partial charge is 0.405 e. The summed E-state index contributed by atoms with van der Waals surface area (Å²) in [6, 6.07) is 7.90. The Morgan fingerprint density at radius 1 is 1.33 bits per heavy atom. The zero-order valence-electron chi connectivity index (χ0n) is 12.3. The van der Waals surface area contributed by atoms with Crippen LogP contribution in [0.4, 0.5) is 0 Å². The molecule has 0 saturated heterocycles. The molecule has 3 aromatic rings. The number of nitrogens with zero attached hydrogens (tertiary/aromatic N) is 1. The van der Waals surface area contributed by atoms with E-state index in [0.717, 1.165) is 27.6 Å². The molecule has 0 fully saturated rings. The molecular formula is C16H17N2O3+. The van der Waals surface area contributed by atoms with Crippen LogP contribution in [0, 0.1) is 0 Å². The summed E-state index contributed by atoms with van der Waals surface area (Å²) in [6.07, 6.45) is 1.80. The fraction of sp³-hybridized carbons (Fsp3) is 0.250. The van der Waals surface area contributed by atoms with Gasteiger partial charge in [0, 0.05) is 10.9 Å². The number of para-hydroxylation sites is 1. The van der Waals surface area contributed by atoms with Crippen molar-refractivity contribution in [3.05, 3.63) is 36.2 Å². The van der Waals surface area contributed by atoms with Gasteiger partial charge in [0.05, 0.1) is 19.1 Å². The van der Waals surface area contributed by atoms with Crippen LogP contribution in [0.1, 0.15) is 17.4 Å². The normalized spacial score (nSPS) is 11.0. The van der Waals surface area contributed by atoms with Gasteiger partial charge < -0.3 is 14.5 Å². The number of esters is 1. The Balaban J connectivity index is 2.43. The van der Waals surface area contributed by atoms with Crippen LogP contribution in [0.25, 0.3) is 21.8 Å². The first-order valence-corrected chi connectivity index (χ1v) is 6.81. The Kier molecular flexibility index (Phi) is 3.25. The van der Waals surface area contributed by atoms with Crippen LogP contribution in [-0.4, -0.2) is 24.7 Å². The lowest BCUT2D eigenvalue weighted by Crippen LogP contribution is -2.37. The van der Waals surface area contributed by atoms with Crippen LogP contribution in [0.2, 0.25) is 0 Å². The van der Waals surface area contributed by atoms with Crippen LogP contribution in [-0.2, 0) is 11.8 Å². The van der Waals surface area contributed by atoms with Crippen molar-refractivity contribution in [2.45, 2.75) is 6.92 Å². The van der Waals surface area contributed by atoms with Gasteiger partial charge in [0.25, 0.3) is 0 Å². The van der Waals surface area contributed by atoms with Gasteiger partial charge in [0.2, 0.25) is 6.20 Å². The quantitative estimate of drug-likeness (QED) is 0.593. The molecule has 108 valence electrons. The van der Waals surface area contributed by atoms with Gasteiger partial charge in [-0.25, -0.2) is 4.79 Å². The second-order valence-electron chi connectivity index (χ2n) is 4.80. The third-order valence-electron chi connectivity index (χ3n) is 3.54. The number of pyridine rings is 1. The fourth-order valence-electron chi connectivity index (χ4n) is 2.66. The summed E-state index contributed by atoms with van der Waals surface area (Å²) >= 11 is 0. The summed E-state index contributed by atoms with van der Waals surface area (Å²) in [5.41, 5.74) is 2.18. The Labute approximate surface area is 122 Å². The number of H-pyrrole nitrogens is 1. The molecule has 5 heteroatoms. The van der Waals surface area contributed by atoms with Gasteiger partial charge in [-0.15, -0.1) is 0 Å². The van der Waals surface area contributed by atoms with Crippen molar-refractivity contribution in [2.75, 3.05) is 13.7 Å². The summed E-state index contributed by atoms with van der Waals surface area (Å²) < 4.78 is 12.4. The van der Waals surface area contributed by atoms with E-state index in [1.165, 1.54) is 0 Å². The van der Waals surface area contributed by atoms with E-state index < -0.39 is 0 Å². The molecule has 0 aliphatic heterocycles. The van der Waals surface area contributed by atoms with Gasteiger partial charge in [-0.05, 0) is 13.0 Å². The number of hydrogen-bond donors (Lipinski definition) is 1. The summed E-state index contributed by atoms with van der Waals surface area (Å²) in [5, 5.41) is 1.92. The number of aromatic amines is 1. The molecule has 3 rings (SSSR count). The number of benzene rings is 1. The highest BCUT2D eigenvalue weighted by Gasteiger charge is 2.27. The first-order valence-electron chi connectivity index (χ1n) is 6.81. The third kappa shape index (κ3) is 2.01. The number of carbonyl (C=O) groups excluding carboxylic acids is 1. The Morgan fingerprint density at radius 3 is 2.81 bits per heavy atom. The first-order chi connectivity index (χ1) is 10.2. The van der Waals surface area contributed by atoms with E-state index >= 15 is 0 Å². The van der Waals surface area contributed by atoms with Crippen molar-refractivity contribution >= 4 is 27.8 Å². The van der Waals surface area contributed by atoms with Crippen molar-refractivity contribution in [3.8, 4) is 5.75 Å². The monoisotopic (exact) mass is 285 g/mol. The largest absolute Gasteiger partial charge is 0.490 e. The second-order valence-corrected chi connectivity index (χ2v) is 4.80. The molecule has 0 amide bonds. The molecule has 0 aliphatic carbocycles. The maximum absolute atomic E-state index is 12.3. The molecular weight excluding hydrogens is 268 g/mol. The molecule has 5 nitrogen and oxygen atoms in total. The van der Waals surface area contributed by atoms with Crippen LogP contribution in [0.15, 0.2) is 30.5 Å². The van der Waals surface area contributed by atoms with E-state index in [4.69, 9.17) is 9.47 Å². The number of fused-ring (bicyclic) bond motifs is 3. The van der Waals surface area contributed by atoms with Gasteiger partial charge in [-0.1, -0.05) is 18.2 Å². The summed E-state index contributed by atoms with van der Waals surface area (Å²) in [4.78, 5) is 15.6. The van der Waals surface area contributed by atoms with Gasteiger partial charge in [0.1, 0.15) is 12.6 Å². The van der Waals surface area contributed by atoms with E-state index in [1.54, 1.807) is 31.8 Å². The van der Waals surface area contributed by atoms with Gasteiger partial charge >= 0.3 is 11.7 Å². The molecule has 2 aromatic heterocycles. The number of carbonyl (C=O) groups is 1. The maximum Gasteiger partial charge on any atom is 0.405 e. The van der Waals surface area contributed by atoms with Crippen molar-refractivity contribution in [2.24, 2.45) is 7.05 Å². The van der Waals surface area contributed by atoms with Gasteiger partial charge in [-0.2, -0.15) is 4.57 Å². The minimum Gasteiger partial charge on any atom is -0.490 e. The molecule has 0 radical (unpaired) electrons. The lowest BCUT2D eigenvalue weighted by Gasteiger charge is -2.05. The highest BCUT2D eigenvalue weighted by molar-refractivity contribution is 6.14. The third-order valence-corrected chi connectivity index (χ3v) is 3.54. The predicted octanol–water partition coefficient (Wildman–Crippen LogP) is 2.33. The van der Waals surface area contributed by atoms with E-state index in [2.05, 4.69) is 4.98 Å². The van der Waals surface area contributed by atoms with Gasteiger partial charge in [-0.3, -0.25) is 0 Å². The average molecular weight is 285 g/mol. The zero-order chi connectivity index (χ0) is 15.0. The van der Waals surface area contributed by atoms with Crippen LogP contribution >= 0.6 is 0 Å². The highest BCUT2D eigenvalue weighted by Crippen LogP contribution is 2.33. The first kappa shape index (κ1) is 13.4. The predicted molar refractivity (Wildman–Crippen MR) is 79.5 cm³/mol. The topological polar surface area (TPSA) is 55.2 Å². The molecule has 0 unspecified atom stereocenters. The number of aryl methyl sites for hydroxylation is 1. The van der Waals surface area contributed by atoms with Crippen LogP contribution in [0.3, 0.4) is 0 Å². The lowest BCUT2D eigenvalue weighted by atomic mass is 10.1. The number of aromatic nitrogens is 2. The van der Waals surface area contributed by atoms with E-state index in [1.807, 2.05) is 24.3 Å². The Morgan fingerprint density at radius 2 is 2.10 bits per heavy atom. The molecule has 0 bridgehead atoms. The summed E-state index contributed by atoms with van der Waals surface area (Å²) in [6.45, 7) is 2.14. The summed E-state index contributed by atoms with van der Waals surface area (Å²) in [7, 11) is 3.43. The summed E-state index contributed by atoms with van der Waals surface area (Å²) in [5.74, 6) is 0.372. The number of hydrogen-bond acceptors (Lipinski definition) is 3. The number of rotatable bonds is 3.